The molecule has 2 aromatic carbocycles. The molecule has 1 heterocycles. The SMILES string of the molecule is Cc1ccccc1C1CCN(C(=O)c2ccc(OC(F)(F)F)cc2)CCS1. The summed E-state index contributed by atoms with van der Waals surface area (Å²) in [6.07, 6.45) is -3.89. The van der Waals surface area contributed by atoms with Crippen LogP contribution in [0.2, 0.25) is 0 Å². The normalized spacial score (nSPS) is 18.1. The molecule has 3 rings (SSSR count). The minimum Gasteiger partial charge on any atom is -0.406 e. The van der Waals surface area contributed by atoms with Crippen LogP contribution >= 0.6 is 11.8 Å². The van der Waals surface area contributed by atoms with Crippen LogP contribution < -0.4 is 4.74 Å². The van der Waals surface area contributed by atoms with E-state index in [0.29, 0.717) is 23.9 Å². The zero-order valence-electron chi connectivity index (χ0n) is 14.8. The predicted molar refractivity (Wildman–Crippen MR) is 100 cm³/mol. The van der Waals surface area contributed by atoms with Gasteiger partial charge in [0.05, 0.1) is 0 Å². The molecule has 1 amide bonds. The van der Waals surface area contributed by atoms with Gasteiger partial charge in [0.15, 0.2) is 0 Å². The van der Waals surface area contributed by atoms with Crippen LogP contribution in [0, 0.1) is 6.92 Å². The lowest BCUT2D eigenvalue weighted by molar-refractivity contribution is -0.274. The third-order valence-corrected chi connectivity index (χ3v) is 5.81. The molecule has 1 fully saturated rings. The van der Waals surface area contributed by atoms with Gasteiger partial charge in [-0.15, -0.1) is 13.2 Å². The van der Waals surface area contributed by atoms with Crippen molar-refractivity contribution in [2.45, 2.75) is 25.0 Å². The van der Waals surface area contributed by atoms with Gasteiger partial charge in [0, 0.05) is 29.7 Å². The third-order valence-electron chi connectivity index (χ3n) is 4.50. The van der Waals surface area contributed by atoms with E-state index in [4.69, 9.17) is 0 Å². The molecule has 0 bridgehead atoms. The highest BCUT2D eigenvalue weighted by molar-refractivity contribution is 7.99. The van der Waals surface area contributed by atoms with Crippen molar-refractivity contribution in [1.29, 1.82) is 0 Å². The van der Waals surface area contributed by atoms with Crippen LogP contribution in [-0.4, -0.2) is 36.0 Å². The van der Waals surface area contributed by atoms with Crippen LogP contribution in [-0.2, 0) is 0 Å². The Bertz CT molecular complexity index is 793. The van der Waals surface area contributed by atoms with E-state index in [2.05, 4.69) is 23.8 Å². The second kappa shape index (κ2) is 8.25. The second-order valence-electron chi connectivity index (χ2n) is 6.37. The lowest BCUT2D eigenvalue weighted by Crippen LogP contribution is -2.33. The van der Waals surface area contributed by atoms with Crippen molar-refractivity contribution in [1.82, 2.24) is 4.90 Å². The first-order chi connectivity index (χ1) is 12.8. The number of carbonyl (C=O) groups is 1. The molecular formula is C20H20F3NO2S. The summed E-state index contributed by atoms with van der Waals surface area (Å²) in [7, 11) is 0. The highest BCUT2D eigenvalue weighted by Crippen LogP contribution is 2.36. The second-order valence-corrected chi connectivity index (χ2v) is 7.68. The number of hydrogen-bond donors (Lipinski definition) is 0. The lowest BCUT2D eigenvalue weighted by Gasteiger charge is -2.21. The fourth-order valence-electron chi connectivity index (χ4n) is 3.15. The smallest absolute Gasteiger partial charge is 0.406 e. The molecule has 2 aromatic rings. The number of amides is 1. The van der Waals surface area contributed by atoms with Crippen LogP contribution in [0.3, 0.4) is 0 Å². The molecule has 0 spiro atoms. The fraction of sp³-hybridized carbons (Fsp3) is 0.350. The Balaban J connectivity index is 1.65. The average Bonchev–Trinajstić information content (AvgIpc) is 2.87. The number of aryl methyl sites for hydroxylation is 1. The van der Waals surface area contributed by atoms with E-state index in [9.17, 15) is 18.0 Å². The number of halogens is 3. The summed E-state index contributed by atoms with van der Waals surface area (Å²) in [5.41, 5.74) is 2.91. The minimum atomic E-state index is -4.74. The standard InChI is InChI=1S/C20H20F3NO2S/c1-14-4-2-3-5-17(14)18-10-11-24(12-13-27-18)19(25)15-6-8-16(9-7-15)26-20(21,22)23/h2-9,18H,10-13H2,1H3. The molecule has 0 aromatic heterocycles. The molecule has 0 saturated carbocycles. The van der Waals surface area contributed by atoms with Crippen molar-refractivity contribution in [3.63, 3.8) is 0 Å². The number of nitrogens with zero attached hydrogens (tertiary/aromatic N) is 1. The van der Waals surface area contributed by atoms with Crippen molar-refractivity contribution in [2.24, 2.45) is 0 Å². The Kier molecular flexibility index (Phi) is 5.99. The highest BCUT2D eigenvalue weighted by Gasteiger charge is 2.31. The van der Waals surface area contributed by atoms with Gasteiger partial charge in [-0.25, -0.2) is 0 Å². The van der Waals surface area contributed by atoms with Crippen molar-refractivity contribution >= 4 is 17.7 Å². The molecule has 144 valence electrons. The van der Waals surface area contributed by atoms with E-state index in [1.165, 1.54) is 35.4 Å². The van der Waals surface area contributed by atoms with Crippen molar-refractivity contribution in [2.75, 3.05) is 18.8 Å². The van der Waals surface area contributed by atoms with Gasteiger partial charge in [-0.1, -0.05) is 24.3 Å². The van der Waals surface area contributed by atoms with Gasteiger partial charge < -0.3 is 9.64 Å². The number of ether oxygens (including phenoxy) is 1. The van der Waals surface area contributed by atoms with Gasteiger partial charge in [-0.05, 0) is 48.7 Å². The maximum absolute atomic E-state index is 12.7. The summed E-state index contributed by atoms with van der Waals surface area (Å²) in [5, 5.41) is 0.339. The number of hydrogen-bond acceptors (Lipinski definition) is 3. The molecule has 7 heteroatoms. The van der Waals surface area contributed by atoms with E-state index < -0.39 is 6.36 Å². The molecule has 3 nitrogen and oxygen atoms in total. The van der Waals surface area contributed by atoms with Crippen molar-refractivity contribution < 1.29 is 22.7 Å². The number of rotatable bonds is 3. The Labute approximate surface area is 160 Å². The van der Waals surface area contributed by atoms with E-state index in [1.807, 2.05) is 23.9 Å². The topological polar surface area (TPSA) is 29.5 Å². The summed E-state index contributed by atoms with van der Waals surface area (Å²) in [4.78, 5) is 14.5. The van der Waals surface area contributed by atoms with E-state index in [1.54, 1.807) is 4.90 Å². The number of carbonyl (C=O) groups excluding carboxylic acids is 1. The first-order valence-corrected chi connectivity index (χ1v) is 9.70. The largest absolute Gasteiger partial charge is 0.573 e. The van der Waals surface area contributed by atoms with Gasteiger partial charge in [0.2, 0.25) is 0 Å². The maximum Gasteiger partial charge on any atom is 0.573 e. The molecule has 27 heavy (non-hydrogen) atoms. The summed E-state index contributed by atoms with van der Waals surface area (Å²) >= 11 is 1.84. The summed E-state index contributed by atoms with van der Waals surface area (Å²) in [5.74, 6) is 0.324. The van der Waals surface area contributed by atoms with E-state index >= 15 is 0 Å². The van der Waals surface area contributed by atoms with Crippen LogP contribution in [0.1, 0.15) is 33.2 Å². The Morgan fingerprint density at radius 3 is 2.48 bits per heavy atom. The van der Waals surface area contributed by atoms with E-state index in [-0.39, 0.29) is 11.7 Å². The molecule has 1 saturated heterocycles. The van der Waals surface area contributed by atoms with Crippen LogP contribution in [0.15, 0.2) is 48.5 Å². The molecule has 1 atom stereocenters. The van der Waals surface area contributed by atoms with Crippen LogP contribution in [0.25, 0.3) is 0 Å². The number of alkyl halides is 3. The molecule has 1 unspecified atom stereocenters. The van der Waals surface area contributed by atoms with Crippen LogP contribution in [0.5, 0.6) is 5.75 Å². The van der Waals surface area contributed by atoms with Crippen molar-refractivity contribution in [3.05, 3.63) is 65.2 Å². The molecule has 1 aliphatic rings. The molecule has 0 aliphatic carbocycles. The predicted octanol–water partition coefficient (Wildman–Crippen LogP) is 5.21. The average molecular weight is 395 g/mol. The Morgan fingerprint density at radius 2 is 1.81 bits per heavy atom. The van der Waals surface area contributed by atoms with Crippen LogP contribution in [0.4, 0.5) is 13.2 Å². The monoisotopic (exact) mass is 395 g/mol. The van der Waals surface area contributed by atoms with E-state index in [0.717, 1.165) is 12.2 Å². The molecule has 1 aliphatic heterocycles. The van der Waals surface area contributed by atoms with Gasteiger partial charge in [0.25, 0.3) is 5.91 Å². The summed E-state index contributed by atoms with van der Waals surface area (Å²) < 4.78 is 40.6. The maximum atomic E-state index is 12.7. The summed E-state index contributed by atoms with van der Waals surface area (Å²) in [6.45, 7) is 3.33. The lowest BCUT2D eigenvalue weighted by atomic mass is 10.0. The Morgan fingerprint density at radius 1 is 1.11 bits per heavy atom. The van der Waals surface area contributed by atoms with Gasteiger partial charge >= 0.3 is 6.36 Å². The summed E-state index contributed by atoms with van der Waals surface area (Å²) in [6, 6.07) is 13.4. The van der Waals surface area contributed by atoms with Gasteiger partial charge in [-0.2, -0.15) is 11.8 Å². The van der Waals surface area contributed by atoms with Gasteiger partial charge in [-0.3, -0.25) is 4.79 Å². The zero-order valence-corrected chi connectivity index (χ0v) is 15.6. The molecule has 0 radical (unpaired) electrons. The third kappa shape index (κ3) is 5.19. The molecular weight excluding hydrogens is 375 g/mol. The number of benzene rings is 2. The van der Waals surface area contributed by atoms with Gasteiger partial charge in [0.1, 0.15) is 5.75 Å². The fourth-order valence-corrected chi connectivity index (χ4v) is 4.48. The first-order valence-electron chi connectivity index (χ1n) is 8.66. The quantitative estimate of drug-likeness (QED) is 0.714. The minimum absolute atomic E-state index is 0.167. The molecule has 0 N–H and O–H groups in total. The highest BCUT2D eigenvalue weighted by atomic mass is 32.2. The Hall–Kier alpha value is -2.15. The van der Waals surface area contributed by atoms with Crippen molar-refractivity contribution in [3.8, 4) is 5.75 Å². The number of thioether (sulfide) groups is 1. The first kappa shape index (κ1) is 19.6. The zero-order chi connectivity index (χ0) is 19.4.